The van der Waals surface area contributed by atoms with Gasteiger partial charge in [-0.3, -0.25) is 4.90 Å². The van der Waals surface area contributed by atoms with Gasteiger partial charge in [-0.25, -0.2) is 9.97 Å². The van der Waals surface area contributed by atoms with Gasteiger partial charge in [-0.15, -0.1) is 0 Å². The third-order valence-corrected chi connectivity index (χ3v) is 5.11. The van der Waals surface area contributed by atoms with Gasteiger partial charge in [0.2, 0.25) is 5.95 Å². The van der Waals surface area contributed by atoms with Crippen LogP contribution in [0.3, 0.4) is 0 Å². The van der Waals surface area contributed by atoms with Crippen molar-refractivity contribution in [3.63, 3.8) is 0 Å². The van der Waals surface area contributed by atoms with Crippen LogP contribution in [0.25, 0.3) is 0 Å². The Kier molecular flexibility index (Phi) is 4.24. The zero-order valence-corrected chi connectivity index (χ0v) is 14.4. The maximum absolute atomic E-state index is 8.84. The normalized spacial score (nSPS) is 18.3. The zero-order valence-electron chi connectivity index (χ0n) is 14.4. The summed E-state index contributed by atoms with van der Waals surface area (Å²) in [5.74, 6) is 1.76. The minimum Gasteiger partial charge on any atom is -0.493 e. The van der Waals surface area contributed by atoms with E-state index in [4.69, 9.17) is 10.00 Å². The Morgan fingerprint density at radius 3 is 2.64 bits per heavy atom. The maximum Gasteiger partial charge on any atom is 0.225 e. The van der Waals surface area contributed by atoms with E-state index in [1.54, 1.807) is 12.4 Å². The van der Waals surface area contributed by atoms with E-state index in [1.807, 2.05) is 0 Å². The predicted octanol–water partition coefficient (Wildman–Crippen LogP) is 2.17. The standard InChI is InChI=1S/C19H21N5O/c1-14(17-3-2-16-4-9-25-18(16)10-17)23-5-7-24(8-6-23)19-21-12-15(11-20)13-22-19/h2-3,10,12-14H,4-9H2,1H3. The summed E-state index contributed by atoms with van der Waals surface area (Å²) in [6.07, 6.45) is 4.19. The number of fused-ring (bicyclic) bond motifs is 1. The number of benzene rings is 1. The van der Waals surface area contributed by atoms with E-state index in [1.165, 1.54) is 11.1 Å². The van der Waals surface area contributed by atoms with Crippen molar-refractivity contribution in [2.45, 2.75) is 19.4 Å². The number of hydrogen-bond donors (Lipinski definition) is 0. The summed E-state index contributed by atoms with van der Waals surface area (Å²) in [7, 11) is 0. The van der Waals surface area contributed by atoms with Crippen LogP contribution in [0.4, 0.5) is 5.95 Å². The molecule has 1 saturated heterocycles. The third-order valence-electron chi connectivity index (χ3n) is 5.11. The number of rotatable bonds is 3. The fraction of sp³-hybridized carbons (Fsp3) is 0.421. The van der Waals surface area contributed by atoms with E-state index >= 15 is 0 Å². The smallest absolute Gasteiger partial charge is 0.225 e. The van der Waals surface area contributed by atoms with Gasteiger partial charge < -0.3 is 9.64 Å². The fourth-order valence-corrected chi connectivity index (χ4v) is 3.51. The lowest BCUT2D eigenvalue weighted by molar-refractivity contribution is 0.197. The summed E-state index contributed by atoms with van der Waals surface area (Å²) in [4.78, 5) is 13.3. The first-order chi connectivity index (χ1) is 12.2. The highest BCUT2D eigenvalue weighted by molar-refractivity contribution is 5.41. The molecule has 2 aliphatic heterocycles. The van der Waals surface area contributed by atoms with Gasteiger partial charge >= 0.3 is 0 Å². The topological polar surface area (TPSA) is 65.3 Å². The summed E-state index contributed by atoms with van der Waals surface area (Å²) in [5.41, 5.74) is 3.12. The van der Waals surface area contributed by atoms with E-state index in [9.17, 15) is 0 Å². The minimum atomic E-state index is 0.360. The van der Waals surface area contributed by atoms with Crippen LogP contribution in [0.2, 0.25) is 0 Å². The van der Waals surface area contributed by atoms with Crippen molar-refractivity contribution in [1.29, 1.82) is 5.26 Å². The molecule has 0 bridgehead atoms. The molecular formula is C19H21N5O. The van der Waals surface area contributed by atoms with Gasteiger partial charge in [0.25, 0.3) is 0 Å². The molecule has 25 heavy (non-hydrogen) atoms. The van der Waals surface area contributed by atoms with Crippen molar-refractivity contribution < 1.29 is 4.74 Å². The van der Waals surface area contributed by atoms with Crippen LogP contribution < -0.4 is 9.64 Å². The lowest BCUT2D eigenvalue weighted by Crippen LogP contribution is -2.47. The van der Waals surface area contributed by atoms with Gasteiger partial charge in [0, 0.05) is 38.6 Å². The Hall–Kier alpha value is -2.65. The number of ether oxygens (including phenoxy) is 1. The molecule has 2 aliphatic rings. The average Bonchev–Trinajstić information content (AvgIpc) is 3.15. The van der Waals surface area contributed by atoms with Gasteiger partial charge in [-0.1, -0.05) is 12.1 Å². The quantitative estimate of drug-likeness (QED) is 0.856. The van der Waals surface area contributed by atoms with Crippen LogP contribution in [0.1, 0.15) is 29.7 Å². The van der Waals surface area contributed by atoms with Crippen molar-refractivity contribution in [3.05, 3.63) is 47.3 Å². The van der Waals surface area contributed by atoms with Gasteiger partial charge in [0.05, 0.1) is 24.6 Å². The molecule has 2 aromatic rings. The van der Waals surface area contributed by atoms with Crippen LogP contribution in [0.15, 0.2) is 30.6 Å². The van der Waals surface area contributed by atoms with Crippen molar-refractivity contribution in [1.82, 2.24) is 14.9 Å². The van der Waals surface area contributed by atoms with E-state index in [-0.39, 0.29) is 0 Å². The second-order valence-electron chi connectivity index (χ2n) is 6.55. The number of anilines is 1. The first-order valence-corrected chi connectivity index (χ1v) is 8.71. The molecule has 6 heteroatoms. The molecule has 0 N–H and O–H groups in total. The van der Waals surface area contributed by atoms with Crippen LogP contribution >= 0.6 is 0 Å². The second kappa shape index (κ2) is 6.69. The molecule has 1 atom stereocenters. The lowest BCUT2D eigenvalue weighted by Gasteiger charge is -2.38. The van der Waals surface area contributed by atoms with E-state index in [0.29, 0.717) is 17.6 Å². The SMILES string of the molecule is CC(c1ccc2c(c1)OCC2)N1CCN(c2ncc(C#N)cn2)CC1. The lowest BCUT2D eigenvalue weighted by atomic mass is 10.0. The Morgan fingerprint density at radius 2 is 1.92 bits per heavy atom. The van der Waals surface area contributed by atoms with Crippen molar-refractivity contribution >= 4 is 5.95 Å². The molecule has 0 spiro atoms. The highest BCUT2D eigenvalue weighted by Gasteiger charge is 2.24. The van der Waals surface area contributed by atoms with E-state index in [0.717, 1.165) is 45.0 Å². The van der Waals surface area contributed by atoms with Gasteiger partial charge in [-0.2, -0.15) is 5.26 Å². The van der Waals surface area contributed by atoms with Gasteiger partial charge in [0.15, 0.2) is 0 Å². The summed E-state index contributed by atoms with van der Waals surface area (Å²) >= 11 is 0. The largest absolute Gasteiger partial charge is 0.493 e. The third kappa shape index (κ3) is 3.15. The molecule has 0 radical (unpaired) electrons. The summed E-state index contributed by atoms with van der Waals surface area (Å²) < 4.78 is 5.70. The molecule has 1 aromatic heterocycles. The second-order valence-corrected chi connectivity index (χ2v) is 6.55. The molecule has 0 amide bonds. The maximum atomic E-state index is 8.84. The molecule has 0 saturated carbocycles. The molecule has 1 unspecified atom stereocenters. The van der Waals surface area contributed by atoms with Crippen molar-refractivity contribution in [3.8, 4) is 11.8 Å². The summed E-state index contributed by atoms with van der Waals surface area (Å²) in [5, 5.41) is 8.84. The van der Waals surface area contributed by atoms with Gasteiger partial charge in [-0.05, 0) is 24.1 Å². The Bertz CT molecular complexity index is 790. The zero-order chi connectivity index (χ0) is 17.2. The first kappa shape index (κ1) is 15.9. The molecule has 4 rings (SSSR count). The summed E-state index contributed by atoms with van der Waals surface area (Å²) in [6.45, 7) is 6.75. The van der Waals surface area contributed by atoms with Crippen LogP contribution in [0.5, 0.6) is 5.75 Å². The van der Waals surface area contributed by atoms with Crippen molar-refractivity contribution in [2.75, 3.05) is 37.7 Å². The predicted molar refractivity (Wildman–Crippen MR) is 94.6 cm³/mol. The number of piperazine rings is 1. The minimum absolute atomic E-state index is 0.360. The number of nitriles is 1. The number of nitrogens with zero attached hydrogens (tertiary/aromatic N) is 5. The first-order valence-electron chi connectivity index (χ1n) is 8.71. The number of aromatic nitrogens is 2. The number of hydrogen-bond acceptors (Lipinski definition) is 6. The van der Waals surface area contributed by atoms with Crippen LogP contribution in [0, 0.1) is 11.3 Å². The van der Waals surface area contributed by atoms with Crippen molar-refractivity contribution in [2.24, 2.45) is 0 Å². The Labute approximate surface area is 147 Å². The molecule has 3 heterocycles. The molecule has 6 nitrogen and oxygen atoms in total. The Balaban J connectivity index is 1.40. The molecule has 1 aromatic carbocycles. The monoisotopic (exact) mass is 335 g/mol. The van der Waals surface area contributed by atoms with Crippen LogP contribution in [-0.4, -0.2) is 47.7 Å². The molecular weight excluding hydrogens is 314 g/mol. The Morgan fingerprint density at radius 1 is 1.16 bits per heavy atom. The van der Waals surface area contributed by atoms with E-state index < -0.39 is 0 Å². The molecule has 128 valence electrons. The fourth-order valence-electron chi connectivity index (χ4n) is 3.51. The highest BCUT2D eigenvalue weighted by atomic mass is 16.5. The molecule has 0 aliphatic carbocycles. The van der Waals surface area contributed by atoms with E-state index in [2.05, 4.69) is 51.0 Å². The average molecular weight is 335 g/mol. The van der Waals surface area contributed by atoms with Crippen LogP contribution in [-0.2, 0) is 6.42 Å². The molecule has 1 fully saturated rings. The summed E-state index contributed by atoms with van der Waals surface area (Å²) in [6, 6.07) is 9.04. The van der Waals surface area contributed by atoms with Gasteiger partial charge in [0.1, 0.15) is 11.8 Å². The highest BCUT2D eigenvalue weighted by Crippen LogP contribution is 2.31.